The van der Waals surface area contributed by atoms with Crippen molar-refractivity contribution in [1.82, 2.24) is 0 Å². The molecule has 2 N–H and O–H groups in total. The summed E-state index contributed by atoms with van der Waals surface area (Å²) in [6.45, 7) is 0. The Balaban J connectivity index is 2.01. The van der Waals surface area contributed by atoms with Gasteiger partial charge in [0.15, 0.2) is 9.84 Å². The molecule has 1 aliphatic rings. The van der Waals surface area contributed by atoms with Crippen LogP contribution in [0.3, 0.4) is 0 Å². The molecule has 3 nitrogen and oxygen atoms in total. The van der Waals surface area contributed by atoms with Crippen molar-refractivity contribution < 1.29 is 13.7 Å². The second-order valence-electron chi connectivity index (χ2n) is 3.74. The number of nitrogens with two attached hydrogens (primary N) is 1. The summed E-state index contributed by atoms with van der Waals surface area (Å²) in [5.41, 5.74) is 1.12. The third-order valence-corrected chi connectivity index (χ3v) is 4.29. The number of para-hydroxylation sites is 1. The van der Waals surface area contributed by atoms with E-state index in [-0.39, 0.29) is 6.04 Å². The van der Waals surface area contributed by atoms with Crippen LogP contribution in [0.5, 0.6) is 0 Å². The monoisotopic (exact) mass is 212 g/mol. The molecule has 76 valence electrons. The van der Waals surface area contributed by atoms with Crippen molar-refractivity contribution in [3.05, 3.63) is 30.3 Å². The lowest BCUT2D eigenvalue weighted by Gasteiger charge is -2.05. The van der Waals surface area contributed by atoms with E-state index in [0.29, 0.717) is 11.5 Å². The van der Waals surface area contributed by atoms with E-state index < -0.39 is 9.84 Å². The van der Waals surface area contributed by atoms with Gasteiger partial charge >= 0.3 is 0 Å². The largest absolute Gasteiger partial charge is 0.311 e. The molecule has 1 aliphatic heterocycles. The van der Waals surface area contributed by atoms with Crippen LogP contribution in [0, 0.1) is 0 Å². The van der Waals surface area contributed by atoms with Crippen LogP contribution in [0.1, 0.15) is 6.42 Å². The number of hydrogen-bond donors (Lipinski definition) is 1. The number of rotatable bonds is 2. The van der Waals surface area contributed by atoms with Gasteiger partial charge in [-0.1, -0.05) is 18.2 Å². The highest BCUT2D eigenvalue weighted by Crippen LogP contribution is 2.09. The molecule has 1 unspecified atom stereocenters. The van der Waals surface area contributed by atoms with Crippen molar-refractivity contribution >= 4 is 15.5 Å². The van der Waals surface area contributed by atoms with Gasteiger partial charge in [-0.05, 0) is 12.1 Å². The van der Waals surface area contributed by atoms with E-state index in [1.165, 1.54) is 0 Å². The maximum Gasteiger partial charge on any atom is 0.156 e. The standard InChI is InChI=1S/C10H13NO2S/c12-14(13)7-6-10(8-14)11-9-4-2-1-3-5-9/h1-5,10-11H,6-8H2/p+1. The van der Waals surface area contributed by atoms with E-state index in [1.54, 1.807) is 0 Å². The molecule has 0 aromatic heterocycles. The fraction of sp³-hybridized carbons (Fsp3) is 0.400. The van der Waals surface area contributed by atoms with E-state index in [0.717, 1.165) is 12.1 Å². The first-order valence-electron chi connectivity index (χ1n) is 4.76. The van der Waals surface area contributed by atoms with E-state index in [4.69, 9.17) is 0 Å². The third-order valence-electron chi connectivity index (χ3n) is 2.50. The topological polar surface area (TPSA) is 50.8 Å². The Hall–Kier alpha value is -0.870. The summed E-state index contributed by atoms with van der Waals surface area (Å²) in [4.78, 5) is 0. The second kappa shape index (κ2) is 3.71. The van der Waals surface area contributed by atoms with Crippen LogP contribution in [0.25, 0.3) is 0 Å². The molecule has 1 fully saturated rings. The normalized spacial score (nSPS) is 25.0. The fourth-order valence-corrected chi connectivity index (χ4v) is 3.54. The number of hydrogen-bond acceptors (Lipinski definition) is 2. The van der Waals surface area contributed by atoms with Crippen molar-refractivity contribution in [3.8, 4) is 0 Å². The predicted molar refractivity (Wildman–Crippen MR) is 55.1 cm³/mol. The van der Waals surface area contributed by atoms with Crippen LogP contribution in [-0.4, -0.2) is 26.0 Å². The van der Waals surface area contributed by atoms with E-state index >= 15 is 0 Å². The summed E-state index contributed by atoms with van der Waals surface area (Å²) in [6, 6.07) is 10.1. The predicted octanol–water partition coefficient (Wildman–Crippen LogP) is 0.0686. The maximum atomic E-state index is 11.2. The van der Waals surface area contributed by atoms with Gasteiger partial charge in [-0.2, -0.15) is 0 Å². The summed E-state index contributed by atoms with van der Waals surface area (Å²) in [5, 5.41) is 2.06. The lowest BCUT2D eigenvalue weighted by Crippen LogP contribution is -2.85. The van der Waals surface area contributed by atoms with Crippen molar-refractivity contribution in [2.24, 2.45) is 0 Å². The molecule has 1 heterocycles. The molecule has 0 aliphatic carbocycles. The van der Waals surface area contributed by atoms with Crippen LogP contribution in [-0.2, 0) is 9.84 Å². The Kier molecular flexibility index (Phi) is 2.56. The Morgan fingerprint density at radius 1 is 1.21 bits per heavy atom. The Labute approximate surface area is 84.1 Å². The summed E-state index contributed by atoms with van der Waals surface area (Å²) >= 11 is 0. The zero-order valence-electron chi connectivity index (χ0n) is 7.89. The molecular weight excluding hydrogens is 198 g/mol. The second-order valence-corrected chi connectivity index (χ2v) is 5.97. The highest BCUT2D eigenvalue weighted by Gasteiger charge is 2.30. The first-order chi connectivity index (χ1) is 6.66. The lowest BCUT2D eigenvalue weighted by molar-refractivity contribution is -0.605. The van der Waals surface area contributed by atoms with Crippen molar-refractivity contribution in [2.75, 3.05) is 11.5 Å². The van der Waals surface area contributed by atoms with Gasteiger partial charge in [0.2, 0.25) is 0 Å². The van der Waals surface area contributed by atoms with Gasteiger partial charge in [0.05, 0.1) is 5.75 Å². The number of sulfone groups is 1. The van der Waals surface area contributed by atoms with Gasteiger partial charge < -0.3 is 5.32 Å². The molecular formula is C10H14NO2S+. The Morgan fingerprint density at radius 3 is 2.50 bits per heavy atom. The number of benzene rings is 1. The highest BCUT2D eigenvalue weighted by molar-refractivity contribution is 7.91. The molecule has 2 rings (SSSR count). The molecule has 1 atom stereocenters. The van der Waals surface area contributed by atoms with Crippen LogP contribution in [0.2, 0.25) is 0 Å². The molecule has 0 radical (unpaired) electrons. The first kappa shape index (κ1) is 9.68. The average molecular weight is 212 g/mol. The minimum atomic E-state index is -2.75. The Bertz CT molecular complexity index is 399. The van der Waals surface area contributed by atoms with Gasteiger partial charge in [-0.3, -0.25) is 0 Å². The summed E-state index contributed by atoms with van der Waals surface area (Å²) < 4.78 is 22.4. The van der Waals surface area contributed by atoms with Gasteiger partial charge in [-0.25, -0.2) is 8.42 Å². The zero-order valence-corrected chi connectivity index (χ0v) is 8.70. The molecule has 14 heavy (non-hydrogen) atoms. The average Bonchev–Trinajstić information content (AvgIpc) is 2.47. The number of quaternary nitrogens is 1. The van der Waals surface area contributed by atoms with E-state index in [9.17, 15) is 8.42 Å². The maximum absolute atomic E-state index is 11.2. The van der Waals surface area contributed by atoms with Gasteiger partial charge in [-0.15, -0.1) is 0 Å². The molecule has 1 saturated heterocycles. The van der Waals surface area contributed by atoms with E-state index in [2.05, 4.69) is 5.32 Å². The van der Waals surface area contributed by atoms with Gasteiger partial charge in [0, 0.05) is 6.42 Å². The quantitative estimate of drug-likeness (QED) is 0.705. The third kappa shape index (κ3) is 2.33. The van der Waals surface area contributed by atoms with E-state index in [1.807, 2.05) is 30.3 Å². The van der Waals surface area contributed by atoms with Gasteiger partial charge in [0.25, 0.3) is 0 Å². The molecule has 0 bridgehead atoms. The minimum absolute atomic E-state index is 0.211. The smallest absolute Gasteiger partial charge is 0.156 e. The fourth-order valence-electron chi connectivity index (χ4n) is 1.79. The van der Waals surface area contributed by atoms with Crippen molar-refractivity contribution in [3.63, 3.8) is 0 Å². The van der Waals surface area contributed by atoms with Crippen LogP contribution < -0.4 is 5.32 Å². The molecule has 4 heteroatoms. The zero-order chi connectivity index (χ0) is 10.0. The summed E-state index contributed by atoms with van der Waals surface area (Å²) in [7, 11) is -2.75. The minimum Gasteiger partial charge on any atom is -0.311 e. The molecule has 1 aromatic carbocycles. The first-order valence-corrected chi connectivity index (χ1v) is 6.58. The van der Waals surface area contributed by atoms with Crippen LogP contribution >= 0.6 is 0 Å². The summed E-state index contributed by atoms with van der Waals surface area (Å²) in [5.74, 6) is 0.670. The highest BCUT2D eigenvalue weighted by atomic mass is 32.2. The molecule has 0 amide bonds. The Morgan fingerprint density at radius 2 is 1.93 bits per heavy atom. The van der Waals surface area contributed by atoms with Crippen LogP contribution in [0.4, 0.5) is 5.69 Å². The SMILES string of the molecule is O=S1(=O)CCC([NH2+]c2ccccc2)C1. The van der Waals surface area contributed by atoms with Crippen molar-refractivity contribution in [2.45, 2.75) is 12.5 Å². The summed E-state index contributed by atoms with van der Waals surface area (Å²) in [6.07, 6.45) is 0.775. The molecule has 0 saturated carbocycles. The van der Waals surface area contributed by atoms with Crippen molar-refractivity contribution in [1.29, 1.82) is 0 Å². The molecule has 0 spiro atoms. The molecule has 1 aromatic rings. The van der Waals surface area contributed by atoms with Crippen LogP contribution in [0.15, 0.2) is 30.3 Å². The lowest BCUT2D eigenvalue weighted by atomic mass is 10.2. The van der Waals surface area contributed by atoms with Gasteiger partial charge in [0.1, 0.15) is 17.5 Å².